The first kappa shape index (κ1) is 28.1. The van der Waals surface area contributed by atoms with E-state index in [2.05, 4.69) is 0 Å². The van der Waals surface area contributed by atoms with Gasteiger partial charge in [-0.15, -0.1) is 0 Å². The van der Waals surface area contributed by atoms with Crippen molar-refractivity contribution in [3.05, 3.63) is 0 Å². The lowest BCUT2D eigenvalue weighted by Crippen LogP contribution is -2.61. The van der Waals surface area contributed by atoms with Crippen molar-refractivity contribution in [3.63, 3.8) is 0 Å². The summed E-state index contributed by atoms with van der Waals surface area (Å²) in [4.78, 5) is 0. The lowest BCUT2D eigenvalue weighted by atomic mass is 9.68. The molecule has 14 heteroatoms. The zero-order valence-electron chi connectivity index (χ0n) is 16.2. The highest BCUT2D eigenvalue weighted by molar-refractivity contribution is 5.04. The van der Waals surface area contributed by atoms with Gasteiger partial charge in [0.2, 0.25) is 0 Å². The lowest BCUT2D eigenvalue weighted by molar-refractivity contribution is -0.386. The summed E-state index contributed by atoms with van der Waals surface area (Å²) >= 11 is 0. The predicted octanol–water partition coefficient (Wildman–Crippen LogP) is 6.45. The standard InChI is InChI=1S/C17H22F12O2/c1-2-6-11(9-12(30,14(18,19)20)15(21,22)23)7-3-4-10(5-8-11)13(31,16(24,25)26)17(27,28)29/h10,30-31H,2-9H2,1H3. The van der Waals surface area contributed by atoms with Crippen LogP contribution in [0.25, 0.3) is 0 Å². The number of alkyl halides is 12. The Balaban J connectivity index is 3.38. The third-order valence-corrected chi connectivity index (χ3v) is 6.09. The first-order valence-electron chi connectivity index (χ1n) is 9.30. The normalized spacial score (nSPS) is 25.5. The van der Waals surface area contributed by atoms with Crippen LogP contribution in [0.15, 0.2) is 0 Å². The van der Waals surface area contributed by atoms with Crippen LogP contribution in [-0.4, -0.2) is 46.1 Å². The molecule has 0 spiro atoms. The molecular formula is C17H22F12O2. The fourth-order valence-electron chi connectivity index (χ4n) is 4.46. The zero-order chi connectivity index (χ0) is 24.7. The van der Waals surface area contributed by atoms with Crippen molar-refractivity contribution in [2.75, 3.05) is 0 Å². The Morgan fingerprint density at radius 3 is 1.52 bits per heavy atom. The monoisotopic (exact) mass is 486 g/mol. The highest BCUT2D eigenvalue weighted by atomic mass is 19.4. The van der Waals surface area contributed by atoms with Crippen LogP contribution >= 0.6 is 0 Å². The topological polar surface area (TPSA) is 40.5 Å². The molecule has 0 aromatic carbocycles. The number of rotatable bonds is 5. The van der Waals surface area contributed by atoms with Crippen molar-refractivity contribution >= 4 is 0 Å². The summed E-state index contributed by atoms with van der Waals surface area (Å²) in [5, 5.41) is 19.1. The molecule has 0 radical (unpaired) electrons. The summed E-state index contributed by atoms with van der Waals surface area (Å²) in [6.07, 6.45) is -31.1. The third-order valence-electron chi connectivity index (χ3n) is 6.09. The van der Waals surface area contributed by atoms with Crippen LogP contribution < -0.4 is 0 Å². The molecule has 2 unspecified atom stereocenters. The second kappa shape index (κ2) is 8.45. The Morgan fingerprint density at radius 2 is 1.16 bits per heavy atom. The molecule has 0 aromatic heterocycles. The Hall–Kier alpha value is -0.920. The molecule has 0 saturated heterocycles. The van der Waals surface area contributed by atoms with E-state index in [9.17, 15) is 62.9 Å². The van der Waals surface area contributed by atoms with Crippen molar-refractivity contribution in [2.24, 2.45) is 11.3 Å². The Bertz CT molecular complexity index is 576. The van der Waals surface area contributed by atoms with Crippen LogP contribution in [0, 0.1) is 11.3 Å². The van der Waals surface area contributed by atoms with Gasteiger partial charge in [-0.25, -0.2) is 0 Å². The maximum atomic E-state index is 13.1. The lowest BCUT2D eigenvalue weighted by Gasteiger charge is -2.42. The van der Waals surface area contributed by atoms with Gasteiger partial charge < -0.3 is 10.2 Å². The van der Waals surface area contributed by atoms with Gasteiger partial charge in [0, 0.05) is 5.92 Å². The molecule has 2 N–H and O–H groups in total. The zero-order valence-corrected chi connectivity index (χ0v) is 16.2. The van der Waals surface area contributed by atoms with E-state index in [0.717, 1.165) is 0 Å². The van der Waals surface area contributed by atoms with Gasteiger partial charge >= 0.3 is 24.7 Å². The average molecular weight is 486 g/mol. The molecule has 1 rings (SSSR count). The van der Waals surface area contributed by atoms with Gasteiger partial charge in [0.15, 0.2) is 0 Å². The minimum absolute atomic E-state index is 0.0285. The van der Waals surface area contributed by atoms with Crippen LogP contribution in [0.5, 0.6) is 0 Å². The van der Waals surface area contributed by atoms with Gasteiger partial charge in [-0.3, -0.25) is 0 Å². The number of hydrogen-bond donors (Lipinski definition) is 2. The molecule has 0 aliphatic heterocycles. The maximum Gasteiger partial charge on any atom is 0.426 e. The van der Waals surface area contributed by atoms with Gasteiger partial charge in [-0.1, -0.05) is 19.8 Å². The van der Waals surface area contributed by atoms with Crippen LogP contribution in [0.1, 0.15) is 58.3 Å². The molecule has 1 fully saturated rings. The van der Waals surface area contributed by atoms with E-state index in [1.54, 1.807) is 0 Å². The average Bonchev–Trinajstić information content (AvgIpc) is 2.73. The molecule has 0 heterocycles. The summed E-state index contributed by atoms with van der Waals surface area (Å²) in [6.45, 7) is 1.37. The first-order chi connectivity index (χ1) is 13.6. The van der Waals surface area contributed by atoms with Crippen molar-refractivity contribution in [1.29, 1.82) is 0 Å². The molecule has 186 valence electrons. The summed E-state index contributed by atoms with van der Waals surface area (Å²) in [7, 11) is 0. The van der Waals surface area contributed by atoms with E-state index in [1.807, 2.05) is 0 Å². The van der Waals surface area contributed by atoms with Gasteiger partial charge in [0.25, 0.3) is 11.2 Å². The minimum atomic E-state index is -6.17. The van der Waals surface area contributed by atoms with E-state index in [4.69, 9.17) is 0 Å². The highest BCUT2D eigenvalue weighted by Crippen LogP contribution is 2.57. The van der Waals surface area contributed by atoms with Crippen molar-refractivity contribution in [1.82, 2.24) is 0 Å². The molecule has 1 aliphatic rings. The minimum Gasteiger partial charge on any atom is -0.374 e. The van der Waals surface area contributed by atoms with Crippen molar-refractivity contribution in [3.8, 4) is 0 Å². The molecule has 1 saturated carbocycles. The van der Waals surface area contributed by atoms with E-state index >= 15 is 0 Å². The quantitative estimate of drug-likeness (QED) is 0.346. The van der Waals surface area contributed by atoms with E-state index in [1.165, 1.54) is 6.92 Å². The van der Waals surface area contributed by atoms with E-state index in [0.29, 0.717) is 0 Å². The molecule has 31 heavy (non-hydrogen) atoms. The van der Waals surface area contributed by atoms with E-state index in [-0.39, 0.29) is 6.42 Å². The second-order valence-corrected chi connectivity index (χ2v) is 8.17. The van der Waals surface area contributed by atoms with Gasteiger partial charge in [0.1, 0.15) is 0 Å². The smallest absolute Gasteiger partial charge is 0.374 e. The molecule has 1 aliphatic carbocycles. The van der Waals surface area contributed by atoms with Crippen molar-refractivity contribution in [2.45, 2.75) is 94.2 Å². The van der Waals surface area contributed by atoms with Crippen LogP contribution in [0.2, 0.25) is 0 Å². The van der Waals surface area contributed by atoms with E-state index < -0.39 is 92.2 Å². The van der Waals surface area contributed by atoms with Crippen LogP contribution in [-0.2, 0) is 0 Å². The highest BCUT2D eigenvalue weighted by Gasteiger charge is 2.74. The second-order valence-electron chi connectivity index (χ2n) is 8.17. The third kappa shape index (κ3) is 5.19. The molecule has 0 bridgehead atoms. The molecule has 0 aromatic rings. The van der Waals surface area contributed by atoms with Crippen LogP contribution in [0.3, 0.4) is 0 Å². The summed E-state index contributed by atoms with van der Waals surface area (Å²) in [6, 6.07) is 0. The molecule has 2 atom stereocenters. The Kier molecular flexibility index (Phi) is 7.67. The summed E-state index contributed by atoms with van der Waals surface area (Å²) < 4.78 is 158. The molecule has 2 nitrogen and oxygen atoms in total. The maximum absolute atomic E-state index is 13.1. The van der Waals surface area contributed by atoms with Gasteiger partial charge in [-0.05, 0) is 43.9 Å². The largest absolute Gasteiger partial charge is 0.426 e. The van der Waals surface area contributed by atoms with Crippen LogP contribution in [0.4, 0.5) is 52.7 Å². The molecule has 0 amide bonds. The van der Waals surface area contributed by atoms with Gasteiger partial charge in [-0.2, -0.15) is 52.7 Å². The fraction of sp³-hybridized carbons (Fsp3) is 1.00. The molecular weight excluding hydrogens is 464 g/mol. The first-order valence-corrected chi connectivity index (χ1v) is 9.30. The predicted molar refractivity (Wildman–Crippen MR) is 82.7 cm³/mol. The Labute approximate surface area is 169 Å². The number of hydrogen-bond acceptors (Lipinski definition) is 2. The van der Waals surface area contributed by atoms with Gasteiger partial charge in [0.05, 0.1) is 0 Å². The van der Waals surface area contributed by atoms with Crippen molar-refractivity contribution < 1.29 is 62.9 Å². The summed E-state index contributed by atoms with van der Waals surface area (Å²) in [5.74, 6) is -2.52. The SMILES string of the molecule is CCCC1(CC(O)(C(F)(F)F)C(F)(F)F)CCCC(C(O)(C(F)(F)F)C(F)(F)F)CC1. The number of halogens is 12. The Morgan fingerprint density at radius 1 is 0.710 bits per heavy atom. The number of aliphatic hydroxyl groups is 2. The fourth-order valence-corrected chi connectivity index (χ4v) is 4.46. The summed E-state index contributed by atoms with van der Waals surface area (Å²) in [5.41, 5.74) is -12.4.